The van der Waals surface area contributed by atoms with Crippen molar-refractivity contribution in [2.45, 2.75) is 43.9 Å². The average Bonchev–Trinajstić information content (AvgIpc) is 3.04. The maximum Gasteiger partial charge on any atom is 0.490 e. The summed E-state index contributed by atoms with van der Waals surface area (Å²) in [7, 11) is 0. The fourth-order valence-corrected chi connectivity index (χ4v) is 2.62. The Morgan fingerprint density at radius 2 is 1.85 bits per heavy atom. The molecule has 0 spiro atoms. The van der Waals surface area contributed by atoms with E-state index in [1.807, 2.05) is 18.2 Å². The highest BCUT2D eigenvalue weighted by Crippen LogP contribution is 2.18. The first-order chi connectivity index (χ1) is 12.2. The highest BCUT2D eigenvalue weighted by atomic mass is 19.4. The van der Waals surface area contributed by atoms with Crippen molar-refractivity contribution in [1.82, 2.24) is 15.5 Å². The van der Waals surface area contributed by atoms with Crippen LogP contribution >= 0.6 is 0 Å². The molecule has 1 aromatic heterocycles. The molecule has 10 heteroatoms. The fourth-order valence-electron chi connectivity index (χ4n) is 2.62. The number of carbonyl (C=O) groups is 2. The molecule has 0 saturated heterocycles. The highest BCUT2D eigenvalue weighted by Gasteiger charge is 2.38. The largest absolute Gasteiger partial charge is 0.490 e. The second kappa shape index (κ2) is 8.17. The molecule has 0 atom stereocenters. The van der Waals surface area contributed by atoms with E-state index >= 15 is 0 Å². The van der Waals surface area contributed by atoms with Gasteiger partial charge in [0.15, 0.2) is 0 Å². The molecule has 0 aliphatic heterocycles. The molecule has 2 aromatic rings. The Labute approximate surface area is 146 Å². The lowest BCUT2D eigenvalue weighted by Crippen LogP contribution is -2.40. The van der Waals surface area contributed by atoms with Crippen molar-refractivity contribution in [2.24, 2.45) is 5.73 Å². The molecule has 1 amide bonds. The molecule has 1 saturated carbocycles. The van der Waals surface area contributed by atoms with E-state index < -0.39 is 12.1 Å². The van der Waals surface area contributed by atoms with Gasteiger partial charge in [-0.2, -0.15) is 18.3 Å². The Kier molecular flexibility index (Phi) is 6.19. The summed E-state index contributed by atoms with van der Waals surface area (Å²) in [5, 5.41) is 18.0. The smallest absolute Gasteiger partial charge is 0.475 e. The van der Waals surface area contributed by atoms with Crippen LogP contribution in [0.4, 0.5) is 13.2 Å². The zero-order valence-corrected chi connectivity index (χ0v) is 13.7. The SMILES string of the molecule is NC1CCC(NC(=O)c2ccc3[nH]ncc3c2)CC1.O=C(O)C(F)(F)F. The molecular formula is C16H19F3N4O3. The molecule has 1 aliphatic rings. The number of carbonyl (C=O) groups excluding carboxylic acids is 1. The third-order valence-corrected chi connectivity index (χ3v) is 4.05. The maximum atomic E-state index is 12.2. The summed E-state index contributed by atoms with van der Waals surface area (Å²) < 4.78 is 31.7. The summed E-state index contributed by atoms with van der Waals surface area (Å²) >= 11 is 0. The van der Waals surface area contributed by atoms with Crippen molar-refractivity contribution in [1.29, 1.82) is 0 Å². The molecule has 26 heavy (non-hydrogen) atoms. The zero-order valence-electron chi connectivity index (χ0n) is 13.7. The van der Waals surface area contributed by atoms with Crippen LogP contribution in [0.25, 0.3) is 10.9 Å². The van der Waals surface area contributed by atoms with E-state index in [9.17, 15) is 18.0 Å². The van der Waals surface area contributed by atoms with Gasteiger partial charge in [-0.05, 0) is 43.9 Å². The maximum absolute atomic E-state index is 12.2. The first kappa shape index (κ1) is 19.7. The quantitative estimate of drug-likeness (QED) is 0.644. The number of amides is 1. The van der Waals surface area contributed by atoms with Gasteiger partial charge in [0.05, 0.1) is 11.7 Å². The lowest BCUT2D eigenvalue weighted by atomic mass is 9.91. The number of carboxylic acids is 1. The van der Waals surface area contributed by atoms with Crippen LogP contribution in [0.5, 0.6) is 0 Å². The van der Waals surface area contributed by atoms with Crippen LogP contribution in [-0.4, -0.2) is 45.4 Å². The van der Waals surface area contributed by atoms with Crippen molar-refractivity contribution in [3.8, 4) is 0 Å². The van der Waals surface area contributed by atoms with Crippen LogP contribution in [0.2, 0.25) is 0 Å². The Bertz CT molecular complexity index is 767. The minimum Gasteiger partial charge on any atom is -0.475 e. The number of aromatic nitrogens is 2. The van der Waals surface area contributed by atoms with Crippen LogP contribution in [0.1, 0.15) is 36.0 Å². The number of benzene rings is 1. The average molecular weight is 372 g/mol. The van der Waals surface area contributed by atoms with Gasteiger partial charge in [0.25, 0.3) is 5.91 Å². The van der Waals surface area contributed by atoms with Gasteiger partial charge < -0.3 is 16.2 Å². The Hall–Kier alpha value is -2.62. The van der Waals surface area contributed by atoms with E-state index in [0.717, 1.165) is 36.6 Å². The van der Waals surface area contributed by atoms with Crippen LogP contribution in [0, 0.1) is 0 Å². The molecule has 142 valence electrons. The van der Waals surface area contributed by atoms with Gasteiger partial charge >= 0.3 is 12.1 Å². The number of hydrogen-bond donors (Lipinski definition) is 4. The Morgan fingerprint density at radius 3 is 2.42 bits per heavy atom. The molecule has 3 rings (SSSR count). The Morgan fingerprint density at radius 1 is 1.23 bits per heavy atom. The highest BCUT2D eigenvalue weighted by molar-refractivity contribution is 5.98. The molecule has 1 heterocycles. The van der Waals surface area contributed by atoms with Gasteiger partial charge in [-0.25, -0.2) is 4.79 Å². The summed E-state index contributed by atoms with van der Waals surface area (Å²) in [6.45, 7) is 0. The zero-order chi connectivity index (χ0) is 19.3. The number of rotatable bonds is 2. The monoisotopic (exact) mass is 372 g/mol. The van der Waals surface area contributed by atoms with Crippen molar-refractivity contribution in [2.75, 3.05) is 0 Å². The molecule has 1 aliphatic carbocycles. The van der Waals surface area contributed by atoms with Gasteiger partial charge in [-0.15, -0.1) is 0 Å². The van der Waals surface area contributed by atoms with Gasteiger partial charge in [0, 0.05) is 23.0 Å². The minimum absolute atomic E-state index is 0.0106. The van der Waals surface area contributed by atoms with Crippen molar-refractivity contribution in [3.05, 3.63) is 30.0 Å². The number of nitrogens with zero attached hydrogens (tertiary/aromatic N) is 1. The lowest BCUT2D eigenvalue weighted by Gasteiger charge is -2.26. The fraction of sp³-hybridized carbons (Fsp3) is 0.438. The standard InChI is InChI=1S/C14H18N4O.C2HF3O2/c15-11-2-4-12(5-3-11)17-14(19)9-1-6-13-10(7-9)8-16-18-13;3-2(4,5)1(6)7/h1,6-8,11-12H,2-5,15H2,(H,16,18)(H,17,19);(H,6,7). The number of H-pyrrole nitrogens is 1. The predicted molar refractivity (Wildman–Crippen MR) is 87.5 cm³/mol. The van der Waals surface area contributed by atoms with E-state index in [2.05, 4.69) is 15.5 Å². The topological polar surface area (TPSA) is 121 Å². The summed E-state index contributed by atoms with van der Waals surface area (Å²) in [6.07, 6.45) is 0.574. The number of nitrogens with one attached hydrogen (secondary N) is 2. The van der Waals surface area contributed by atoms with Crippen molar-refractivity contribution >= 4 is 22.8 Å². The number of carboxylic acid groups (broad SMARTS) is 1. The van der Waals surface area contributed by atoms with E-state index in [0.29, 0.717) is 11.6 Å². The number of aromatic amines is 1. The lowest BCUT2D eigenvalue weighted by molar-refractivity contribution is -0.192. The predicted octanol–water partition coefficient (Wildman–Crippen LogP) is 2.20. The number of alkyl halides is 3. The molecule has 0 radical (unpaired) electrons. The van der Waals surface area contributed by atoms with E-state index in [4.69, 9.17) is 15.6 Å². The van der Waals surface area contributed by atoms with Crippen molar-refractivity contribution in [3.63, 3.8) is 0 Å². The molecule has 1 aromatic carbocycles. The normalized spacial score (nSPS) is 20.2. The van der Waals surface area contributed by atoms with Gasteiger partial charge in [-0.1, -0.05) is 0 Å². The first-order valence-electron chi connectivity index (χ1n) is 7.96. The molecule has 5 N–H and O–H groups in total. The second-order valence-electron chi connectivity index (χ2n) is 6.06. The molecular weight excluding hydrogens is 353 g/mol. The van der Waals surface area contributed by atoms with Crippen LogP contribution in [0.3, 0.4) is 0 Å². The number of halogens is 3. The van der Waals surface area contributed by atoms with Gasteiger partial charge in [0.2, 0.25) is 0 Å². The minimum atomic E-state index is -5.08. The molecule has 0 unspecified atom stereocenters. The number of aliphatic carboxylic acids is 1. The summed E-state index contributed by atoms with van der Waals surface area (Å²) in [5.74, 6) is -2.77. The molecule has 1 fully saturated rings. The van der Waals surface area contributed by atoms with Gasteiger partial charge in [-0.3, -0.25) is 9.89 Å². The molecule has 7 nitrogen and oxygen atoms in total. The summed E-state index contributed by atoms with van der Waals surface area (Å²) in [5.41, 5.74) is 7.49. The van der Waals surface area contributed by atoms with Crippen LogP contribution in [0.15, 0.2) is 24.4 Å². The van der Waals surface area contributed by atoms with Crippen LogP contribution in [-0.2, 0) is 4.79 Å². The molecule has 0 bridgehead atoms. The van der Waals surface area contributed by atoms with Gasteiger partial charge in [0.1, 0.15) is 0 Å². The van der Waals surface area contributed by atoms with E-state index in [1.54, 1.807) is 6.20 Å². The number of hydrogen-bond acceptors (Lipinski definition) is 4. The summed E-state index contributed by atoms with van der Waals surface area (Å²) in [6, 6.07) is 6.13. The number of fused-ring (bicyclic) bond motifs is 1. The summed E-state index contributed by atoms with van der Waals surface area (Å²) in [4.78, 5) is 21.1. The van der Waals surface area contributed by atoms with Crippen molar-refractivity contribution < 1.29 is 27.9 Å². The van der Waals surface area contributed by atoms with Crippen LogP contribution < -0.4 is 11.1 Å². The third kappa shape index (κ3) is 5.45. The number of nitrogens with two attached hydrogens (primary N) is 1. The second-order valence-corrected chi connectivity index (χ2v) is 6.06. The third-order valence-electron chi connectivity index (χ3n) is 4.05. The first-order valence-corrected chi connectivity index (χ1v) is 7.96. The Balaban J connectivity index is 0.000000298. The van der Waals surface area contributed by atoms with E-state index in [1.165, 1.54) is 0 Å². The van der Waals surface area contributed by atoms with E-state index in [-0.39, 0.29) is 11.9 Å².